The van der Waals surface area contributed by atoms with Gasteiger partial charge >= 0.3 is 7.60 Å². The van der Waals surface area contributed by atoms with E-state index in [0.717, 1.165) is 0 Å². The van der Waals surface area contributed by atoms with Gasteiger partial charge in [-0.3, -0.25) is 4.57 Å². The summed E-state index contributed by atoms with van der Waals surface area (Å²) in [5, 5.41) is 8.97. The number of rotatable bonds is 3. The van der Waals surface area contributed by atoms with Crippen molar-refractivity contribution in [2.45, 2.75) is 20.0 Å². The Balaban J connectivity index is 3.80. The van der Waals surface area contributed by atoms with E-state index in [-0.39, 0.29) is 5.92 Å². The average molecular weight is 168 g/mol. The number of aliphatic hydroxyl groups excluding tert-OH is 1. The second-order valence-electron chi connectivity index (χ2n) is 2.66. The lowest BCUT2D eigenvalue weighted by atomic mass is 10.1. The van der Waals surface area contributed by atoms with Crippen molar-refractivity contribution in [1.29, 1.82) is 0 Å². The van der Waals surface area contributed by atoms with E-state index in [0.29, 0.717) is 0 Å². The molecule has 0 spiro atoms. The van der Waals surface area contributed by atoms with Gasteiger partial charge in [0.25, 0.3) is 0 Å². The molecule has 10 heavy (non-hydrogen) atoms. The molecule has 5 heteroatoms. The highest BCUT2D eigenvalue weighted by atomic mass is 31.2. The summed E-state index contributed by atoms with van der Waals surface area (Å²) in [6.45, 7) is 3.42. The Morgan fingerprint density at radius 2 is 1.80 bits per heavy atom. The largest absolute Gasteiger partial charge is 0.392 e. The van der Waals surface area contributed by atoms with E-state index >= 15 is 0 Å². The molecule has 0 aromatic carbocycles. The Hall–Kier alpha value is 0.110. The maximum absolute atomic E-state index is 10.3. The summed E-state index contributed by atoms with van der Waals surface area (Å²) >= 11 is 0. The van der Waals surface area contributed by atoms with Crippen LogP contribution < -0.4 is 0 Å². The molecule has 0 bridgehead atoms. The quantitative estimate of drug-likeness (QED) is 0.525. The molecule has 3 N–H and O–H groups in total. The van der Waals surface area contributed by atoms with Gasteiger partial charge in [-0.1, -0.05) is 13.8 Å². The van der Waals surface area contributed by atoms with Gasteiger partial charge in [-0.25, -0.2) is 0 Å². The molecule has 0 amide bonds. The predicted octanol–water partition coefficient (Wildman–Crippen LogP) is 0.181. The van der Waals surface area contributed by atoms with Crippen LogP contribution in [0, 0.1) is 5.92 Å². The van der Waals surface area contributed by atoms with Crippen LogP contribution in [0.4, 0.5) is 0 Å². The van der Waals surface area contributed by atoms with Crippen LogP contribution in [-0.4, -0.2) is 27.2 Å². The molecule has 0 aromatic heterocycles. The predicted molar refractivity (Wildman–Crippen MR) is 37.8 cm³/mol. The lowest BCUT2D eigenvalue weighted by molar-refractivity contribution is 0.140. The van der Waals surface area contributed by atoms with Crippen molar-refractivity contribution in [3.8, 4) is 0 Å². The SMILES string of the molecule is CC(C)C(O)CP(=O)(O)O. The molecule has 0 radical (unpaired) electrons. The molecule has 62 valence electrons. The van der Waals surface area contributed by atoms with Crippen LogP contribution in [0.1, 0.15) is 13.8 Å². The van der Waals surface area contributed by atoms with Crippen LogP contribution in [0.5, 0.6) is 0 Å². The molecule has 0 heterocycles. The zero-order valence-corrected chi connectivity index (χ0v) is 6.95. The topological polar surface area (TPSA) is 77.8 Å². The van der Waals surface area contributed by atoms with Gasteiger partial charge in [0, 0.05) is 0 Å². The van der Waals surface area contributed by atoms with Gasteiger partial charge in [0.1, 0.15) is 0 Å². The normalized spacial score (nSPS) is 15.8. The smallest absolute Gasteiger partial charge is 0.328 e. The van der Waals surface area contributed by atoms with Crippen molar-refractivity contribution in [3.63, 3.8) is 0 Å². The van der Waals surface area contributed by atoms with Crippen molar-refractivity contribution >= 4 is 7.60 Å². The fourth-order valence-electron chi connectivity index (χ4n) is 0.454. The second-order valence-corrected chi connectivity index (χ2v) is 4.35. The van der Waals surface area contributed by atoms with Gasteiger partial charge in [-0.2, -0.15) is 0 Å². The molecule has 0 aromatic rings. The Labute approximate surface area is 60.0 Å². The molecule has 4 nitrogen and oxygen atoms in total. The van der Waals surface area contributed by atoms with E-state index in [9.17, 15) is 4.57 Å². The fraction of sp³-hybridized carbons (Fsp3) is 1.00. The first-order valence-electron chi connectivity index (χ1n) is 3.05. The standard InChI is InChI=1S/C5H13O4P/c1-4(2)5(6)3-10(7,8)9/h4-6H,3H2,1-2H3,(H2,7,8,9). The molecular formula is C5H13O4P. The minimum atomic E-state index is -4.03. The van der Waals surface area contributed by atoms with Crippen LogP contribution in [-0.2, 0) is 4.57 Å². The Kier molecular flexibility index (Phi) is 3.52. The Morgan fingerprint density at radius 1 is 1.40 bits per heavy atom. The maximum Gasteiger partial charge on any atom is 0.328 e. The third-order valence-corrected chi connectivity index (χ3v) is 2.04. The summed E-state index contributed by atoms with van der Waals surface area (Å²) in [7, 11) is -4.03. The molecule has 0 saturated heterocycles. The van der Waals surface area contributed by atoms with Crippen molar-refractivity contribution in [2.75, 3.05) is 6.16 Å². The van der Waals surface area contributed by atoms with Crippen LogP contribution in [0.2, 0.25) is 0 Å². The summed E-state index contributed by atoms with van der Waals surface area (Å²) in [5.41, 5.74) is 0. The van der Waals surface area contributed by atoms with Crippen LogP contribution in [0.3, 0.4) is 0 Å². The molecule has 0 fully saturated rings. The van der Waals surface area contributed by atoms with Crippen LogP contribution >= 0.6 is 7.60 Å². The van der Waals surface area contributed by atoms with Crippen molar-refractivity contribution in [3.05, 3.63) is 0 Å². The van der Waals surface area contributed by atoms with Crippen LogP contribution in [0.15, 0.2) is 0 Å². The molecule has 0 rings (SSSR count). The molecule has 0 aliphatic heterocycles. The van der Waals surface area contributed by atoms with E-state index < -0.39 is 19.9 Å². The van der Waals surface area contributed by atoms with Gasteiger partial charge in [0.05, 0.1) is 12.3 Å². The summed E-state index contributed by atoms with van der Waals surface area (Å²) < 4.78 is 10.3. The average Bonchev–Trinajstić information content (AvgIpc) is 1.60. The van der Waals surface area contributed by atoms with E-state index in [4.69, 9.17) is 14.9 Å². The van der Waals surface area contributed by atoms with Crippen molar-refractivity contribution in [2.24, 2.45) is 5.92 Å². The minimum Gasteiger partial charge on any atom is -0.392 e. The zero-order valence-electron chi connectivity index (χ0n) is 6.06. The van der Waals surface area contributed by atoms with Crippen LogP contribution in [0.25, 0.3) is 0 Å². The third-order valence-electron chi connectivity index (χ3n) is 1.19. The molecular weight excluding hydrogens is 155 g/mol. The lowest BCUT2D eigenvalue weighted by Gasteiger charge is -2.14. The second kappa shape index (κ2) is 3.49. The monoisotopic (exact) mass is 168 g/mol. The molecule has 1 unspecified atom stereocenters. The highest BCUT2D eigenvalue weighted by Gasteiger charge is 2.21. The van der Waals surface area contributed by atoms with Gasteiger partial charge in [-0.15, -0.1) is 0 Å². The van der Waals surface area contributed by atoms with E-state index in [2.05, 4.69) is 0 Å². The number of hydrogen-bond acceptors (Lipinski definition) is 2. The van der Waals surface area contributed by atoms with E-state index in [1.54, 1.807) is 13.8 Å². The third kappa shape index (κ3) is 4.94. The summed E-state index contributed by atoms with van der Waals surface area (Å²) in [5.74, 6) is -0.104. The van der Waals surface area contributed by atoms with E-state index in [1.807, 2.05) is 0 Å². The summed E-state index contributed by atoms with van der Waals surface area (Å²) in [6, 6.07) is 0. The summed E-state index contributed by atoms with van der Waals surface area (Å²) in [4.78, 5) is 16.8. The molecule has 0 aliphatic carbocycles. The maximum atomic E-state index is 10.3. The zero-order chi connectivity index (χ0) is 8.36. The van der Waals surface area contributed by atoms with E-state index in [1.165, 1.54) is 0 Å². The molecule has 1 atom stereocenters. The minimum absolute atomic E-state index is 0.104. The van der Waals surface area contributed by atoms with Gasteiger partial charge in [0.2, 0.25) is 0 Å². The highest BCUT2D eigenvalue weighted by molar-refractivity contribution is 7.51. The Bertz CT molecular complexity index is 139. The number of hydrogen-bond donors (Lipinski definition) is 3. The van der Waals surface area contributed by atoms with Gasteiger partial charge in [-0.05, 0) is 5.92 Å². The first-order chi connectivity index (χ1) is 4.33. The van der Waals surface area contributed by atoms with Crippen molar-refractivity contribution < 1.29 is 19.5 Å². The number of aliphatic hydroxyl groups is 1. The fourth-order valence-corrected chi connectivity index (χ4v) is 1.36. The summed E-state index contributed by atoms with van der Waals surface area (Å²) in [6.07, 6.45) is -1.34. The lowest BCUT2D eigenvalue weighted by Crippen LogP contribution is -2.19. The molecule has 0 aliphatic rings. The highest BCUT2D eigenvalue weighted by Crippen LogP contribution is 2.36. The first-order valence-corrected chi connectivity index (χ1v) is 4.85. The first kappa shape index (κ1) is 10.1. The Morgan fingerprint density at radius 3 is 1.90 bits per heavy atom. The van der Waals surface area contributed by atoms with Gasteiger partial charge < -0.3 is 14.9 Å². The molecule has 0 saturated carbocycles. The van der Waals surface area contributed by atoms with Crippen molar-refractivity contribution in [1.82, 2.24) is 0 Å². The van der Waals surface area contributed by atoms with Gasteiger partial charge in [0.15, 0.2) is 0 Å².